The van der Waals surface area contributed by atoms with E-state index in [2.05, 4.69) is 22.8 Å². The third-order valence-corrected chi connectivity index (χ3v) is 3.97. The molecule has 0 saturated carbocycles. The van der Waals surface area contributed by atoms with Crippen molar-refractivity contribution in [2.75, 3.05) is 11.9 Å². The van der Waals surface area contributed by atoms with E-state index in [1.165, 1.54) is 29.7 Å². The summed E-state index contributed by atoms with van der Waals surface area (Å²) in [6, 6.07) is 12.2. The number of carbonyl (C=O) groups is 1. The molecule has 0 bridgehead atoms. The number of fused-ring (bicyclic) bond motifs is 1. The highest BCUT2D eigenvalue weighted by atomic mass is 19.1. The molecule has 3 nitrogen and oxygen atoms in total. The molecule has 2 amide bonds. The van der Waals surface area contributed by atoms with Crippen molar-refractivity contribution < 1.29 is 9.18 Å². The number of nitrogens with one attached hydrogen (secondary N) is 2. The second kappa shape index (κ2) is 6.60. The molecule has 0 atom stereocenters. The van der Waals surface area contributed by atoms with E-state index in [4.69, 9.17) is 0 Å². The largest absolute Gasteiger partial charge is 0.338 e. The van der Waals surface area contributed by atoms with E-state index in [1.54, 1.807) is 12.1 Å². The van der Waals surface area contributed by atoms with Gasteiger partial charge in [0.05, 0.1) is 0 Å². The number of amides is 2. The van der Waals surface area contributed by atoms with Gasteiger partial charge in [0.2, 0.25) is 0 Å². The average molecular weight is 298 g/mol. The molecule has 0 aromatic heterocycles. The quantitative estimate of drug-likeness (QED) is 0.888. The topological polar surface area (TPSA) is 41.1 Å². The van der Waals surface area contributed by atoms with Crippen LogP contribution in [0.4, 0.5) is 14.9 Å². The Labute approximate surface area is 129 Å². The molecule has 2 aromatic carbocycles. The maximum Gasteiger partial charge on any atom is 0.319 e. The summed E-state index contributed by atoms with van der Waals surface area (Å²) in [5, 5.41) is 5.68. The summed E-state index contributed by atoms with van der Waals surface area (Å²) in [7, 11) is 0. The van der Waals surface area contributed by atoms with E-state index in [9.17, 15) is 9.18 Å². The minimum absolute atomic E-state index is 0.208. The van der Waals surface area contributed by atoms with Gasteiger partial charge in [-0.1, -0.05) is 18.2 Å². The molecule has 114 valence electrons. The third kappa shape index (κ3) is 3.64. The zero-order valence-corrected chi connectivity index (χ0v) is 12.4. The minimum atomic E-state index is -0.244. The van der Waals surface area contributed by atoms with Crippen LogP contribution in [0.2, 0.25) is 0 Å². The second-order valence-corrected chi connectivity index (χ2v) is 5.59. The molecular weight excluding hydrogens is 279 g/mol. The van der Waals surface area contributed by atoms with E-state index in [1.807, 2.05) is 6.07 Å². The molecular formula is C18H19FN2O. The van der Waals surface area contributed by atoms with Crippen molar-refractivity contribution in [1.82, 2.24) is 5.32 Å². The van der Waals surface area contributed by atoms with Crippen molar-refractivity contribution >= 4 is 11.7 Å². The van der Waals surface area contributed by atoms with Gasteiger partial charge in [0, 0.05) is 12.2 Å². The van der Waals surface area contributed by atoms with Gasteiger partial charge in [-0.15, -0.1) is 0 Å². The van der Waals surface area contributed by atoms with Gasteiger partial charge in [-0.3, -0.25) is 0 Å². The summed E-state index contributed by atoms with van der Waals surface area (Å²) in [5.41, 5.74) is 4.56. The number of anilines is 1. The van der Waals surface area contributed by atoms with Crippen LogP contribution in [0.15, 0.2) is 42.5 Å². The number of hydrogen-bond donors (Lipinski definition) is 2. The van der Waals surface area contributed by atoms with Crippen molar-refractivity contribution in [3.05, 3.63) is 65.0 Å². The highest BCUT2D eigenvalue weighted by Gasteiger charge is 2.11. The van der Waals surface area contributed by atoms with Crippen molar-refractivity contribution in [3.63, 3.8) is 0 Å². The number of urea groups is 1. The molecule has 0 saturated heterocycles. The van der Waals surface area contributed by atoms with E-state index >= 15 is 0 Å². The molecule has 0 unspecified atom stereocenters. The molecule has 0 spiro atoms. The lowest BCUT2D eigenvalue weighted by atomic mass is 10.1. The van der Waals surface area contributed by atoms with Crippen molar-refractivity contribution in [2.45, 2.75) is 25.7 Å². The van der Waals surface area contributed by atoms with Gasteiger partial charge in [0.25, 0.3) is 0 Å². The Hall–Kier alpha value is -2.36. The monoisotopic (exact) mass is 298 g/mol. The molecule has 2 aromatic rings. The number of benzene rings is 2. The van der Waals surface area contributed by atoms with E-state index in [0.29, 0.717) is 13.0 Å². The SMILES string of the molecule is O=C(NCCc1ccc(F)cc1)Nc1ccc2c(c1)CCC2. The van der Waals surface area contributed by atoms with Crippen LogP contribution < -0.4 is 10.6 Å². The standard InChI is InChI=1S/C18H19FN2O/c19-16-7-4-13(5-8-16)10-11-20-18(22)21-17-9-6-14-2-1-3-15(14)12-17/h4-9,12H,1-3,10-11H2,(H2,20,21,22). The van der Waals surface area contributed by atoms with Crippen LogP contribution in [0.25, 0.3) is 0 Å². The first kappa shape index (κ1) is 14.6. The fraction of sp³-hybridized carbons (Fsp3) is 0.278. The first-order valence-electron chi connectivity index (χ1n) is 7.62. The van der Waals surface area contributed by atoms with E-state index in [0.717, 1.165) is 24.1 Å². The predicted molar refractivity (Wildman–Crippen MR) is 85.6 cm³/mol. The molecule has 22 heavy (non-hydrogen) atoms. The van der Waals surface area contributed by atoms with Gasteiger partial charge < -0.3 is 10.6 Å². The van der Waals surface area contributed by atoms with Gasteiger partial charge >= 0.3 is 6.03 Å². The molecule has 2 N–H and O–H groups in total. The zero-order valence-electron chi connectivity index (χ0n) is 12.4. The average Bonchev–Trinajstić information content (AvgIpc) is 2.97. The summed E-state index contributed by atoms with van der Waals surface area (Å²) in [6.07, 6.45) is 4.11. The Morgan fingerprint density at radius 1 is 1.05 bits per heavy atom. The molecule has 1 aliphatic carbocycles. The molecule has 4 heteroatoms. The van der Waals surface area contributed by atoms with Crippen LogP contribution >= 0.6 is 0 Å². The lowest BCUT2D eigenvalue weighted by molar-refractivity contribution is 0.252. The smallest absolute Gasteiger partial charge is 0.319 e. The predicted octanol–water partition coefficient (Wildman–Crippen LogP) is 3.68. The Morgan fingerprint density at radius 3 is 2.64 bits per heavy atom. The van der Waals surface area contributed by atoms with Gasteiger partial charge in [0.15, 0.2) is 0 Å². The molecule has 1 aliphatic rings. The zero-order chi connectivity index (χ0) is 15.4. The number of carbonyl (C=O) groups excluding carboxylic acids is 1. The van der Waals surface area contributed by atoms with Gasteiger partial charge in [0.1, 0.15) is 5.82 Å². The lowest BCUT2D eigenvalue weighted by Crippen LogP contribution is -2.30. The number of hydrogen-bond acceptors (Lipinski definition) is 1. The fourth-order valence-corrected chi connectivity index (χ4v) is 2.80. The highest BCUT2D eigenvalue weighted by molar-refractivity contribution is 5.89. The third-order valence-electron chi connectivity index (χ3n) is 3.97. The maximum absolute atomic E-state index is 12.8. The van der Waals surface area contributed by atoms with Crippen molar-refractivity contribution in [3.8, 4) is 0 Å². The van der Waals surface area contributed by atoms with Crippen LogP contribution in [0, 0.1) is 5.82 Å². The van der Waals surface area contributed by atoms with E-state index in [-0.39, 0.29) is 11.8 Å². The molecule has 0 fully saturated rings. The Bertz CT molecular complexity index is 667. The van der Waals surface area contributed by atoms with Crippen LogP contribution in [-0.2, 0) is 19.3 Å². The number of rotatable bonds is 4. The first-order valence-corrected chi connectivity index (χ1v) is 7.62. The molecule has 3 rings (SSSR count). The Kier molecular flexibility index (Phi) is 4.37. The molecule has 0 aliphatic heterocycles. The highest BCUT2D eigenvalue weighted by Crippen LogP contribution is 2.24. The lowest BCUT2D eigenvalue weighted by Gasteiger charge is -2.09. The number of aryl methyl sites for hydroxylation is 2. The minimum Gasteiger partial charge on any atom is -0.338 e. The summed E-state index contributed by atoms with van der Waals surface area (Å²) >= 11 is 0. The Morgan fingerprint density at radius 2 is 1.82 bits per heavy atom. The second-order valence-electron chi connectivity index (χ2n) is 5.59. The maximum atomic E-state index is 12.8. The fourth-order valence-electron chi connectivity index (χ4n) is 2.80. The van der Waals surface area contributed by atoms with Crippen LogP contribution in [0.1, 0.15) is 23.1 Å². The van der Waals surface area contributed by atoms with Crippen LogP contribution in [0.3, 0.4) is 0 Å². The summed E-state index contributed by atoms with van der Waals surface area (Å²) in [4.78, 5) is 11.9. The van der Waals surface area contributed by atoms with Crippen LogP contribution in [-0.4, -0.2) is 12.6 Å². The van der Waals surface area contributed by atoms with E-state index < -0.39 is 0 Å². The van der Waals surface area contributed by atoms with Gasteiger partial charge in [-0.05, 0) is 66.6 Å². The summed E-state index contributed by atoms with van der Waals surface area (Å²) < 4.78 is 12.8. The molecule has 0 heterocycles. The summed E-state index contributed by atoms with van der Waals surface area (Å²) in [6.45, 7) is 0.516. The molecule has 0 radical (unpaired) electrons. The Balaban J connectivity index is 1.47. The first-order chi connectivity index (χ1) is 10.7. The van der Waals surface area contributed by atoms with Crippen LogP contribution in [0.5, 0.6) is 0 Å². The van der Waals surface area contributed by atoms with Gasteiger partial charge in [-0.25, -0.2) is 9.18 Å². The van der Waals surface area contributed by atoms with Crippen molar-refractivity contribution in [2.24, 2.45) is 0 Å². The normalized spacial score (nSPS) is 12.8. The summed E-state index contributed by atoms with van der Waals surface area (Å²) in [5.74, 6) is -0.244. The van der Waals surface area contributed by atoms with Gasteiger partial charge in [-0.2, -0.15) is 0 Å². The van der Waals surface area contributed by atoms with Crippen molar-refractivity contribution in [1.29, 1.82) is 0 Å². The number of halogens is 1.